The molecule has 1 aromatic carbocycles. The summed E-state index contributed by atoms with van der Waals surface area (Å²) in [5, 5.41) is 3.72. The highest BCUT2D eigenvalue weighted by Gasteiger charge is 2.40. The van der Waals surface area contributed by atoms with E-state index in [4.69, 9.17) is 14.2 Å². The SMILES string of the molecule is CCCCN(C(=O)/C=C/c1cc(OC)c2c(c1)OCCO2)C1CC(C)(C)NC(C)(C)C1. The number of nitrogens with zero attached hydrogens (tertiary/aromatic N) is 1. The maximum absolute atomic E-state index is 13.3. The summed E-state index contributed by atoms with van der Waals surface area (Å²) in [5.41, 5.74) is 0.838. The lowest BCUT2D eigenvalue weighted by molar-refractivity contribution is -0.130. The molecule has 6 heteroatoms. The molecule has 172 valence electrons. The van der Waals surface area contributed by atoms with E-state index in [1.165, 1.54) is 0 Å². The first kappa shape index (κ1) is 23.5. The second-order valence-corrected chi connectivity index (χ2v) is 9.92. The number of hydrogen-bond donors (Lipinski definition) is 1. The minimum atomic E-state index is -0.00985. The summed E-state index contributed by atoms with van der Waals surface area (Å²) in [5.74, 6) is 1.96. The number of piperidine rings is 1. The maximum atomic E-state index is 13.3. The minimum absolute atomic E-state index is 0.00985. The highest BCUT2D eigenvalue weighted by molar-refractivity contribution is 5.92. The molecule has 1 aromatic rings. The fourth-order valence-electron chi connectivity index (χ4n) is 4.94. The molecule has 3 rings (SSSR count). The number of amides is 1. The number of hydrogen-bond acceptors (Lipinski definition) is 5. The molecule has 0 radical (unpaired) electrons. The predicted molar refractivity (Wildman–Crippen MR) is 124 cm³/mol. The number of unbranched alkanes of at least 4 members (excludes halogenated alkanes) is 1. The van der Waals surface area contributed by atoms with E-state index in [0.717, 1.165) is 37.8 Å². The van der Waals surface area contributed by atoms with E-state index < -0.39 is 0 Å². The van der Waals surface area contributed by atoms with Gasteiger partial charge in [-0.25, -0.2) is 0 Å². The van der Waals surface area contributed by atoms with Gasteiger partial charge >= 0.3 is 0 Å². The van der Waals surface area contributed by atoms with Gasteiger partial charge in [-0.15, -0.1) is 0 Å². The average Bonchev–Trinajstić information content (AvgIpc) is 2.69. The molecule has 0 saturated carbocycles. The molecule has 0 aliphatic carbocycles. The molecule has 2 aliphatic heterocycles. The van der Waals surface area contributed by atoms with Gasteiger partial charge in [-0.2, -0.15) is 0 Å². The number of carbonyl (C=O) groups is 1. The smallest absolute Gasteiger partial charge is 0.246 e. The molecule has 1 amide bonds. The van der Waals surface area contributed by atoms with Gasteiger partial charge in [-0.1, -0.05) is 13.3 Å². The van der Waals surface area contributed by atoms with Gasteiger partial charge in [0.2, 0.25) is 11.7 Å². The van der Waals surface area contributed by atoms with Crippen molar-refractivity contribution in [2.24, 2.45) is 0 Å². The van der Waals surface area contributed by atoms with E-state index in [0.29, 0.717) is 30.5 Å². The van der Waals surface area contributed by atoms with Gasteiger partial charge in [0.15, 0.2) is 11.5 Å². The molecule has 1 fully saturated rings. The highest BCUT2D eigenvalue weighted by Crippen LogP contribution is 2.40. The number of ether oxygens (including phenoxy) is 3. The van der Waals surface area contributed by atoms with Crippen LogP contribution in [0.15, 0.2) is 18.2 Å². The normalized spacial score (nSPS) is 19.9. The van der Waals surface area contributed by atoms with Crippen LogP contribution in [0, 0.1) is 0 Å². The van der Waals surface area contributed by atoms with Gasteiger partial charge in [0.1, 0.15) is 13.2 Å². The Balaban J connectivity index is 1.81. The molecule has 0 bridgehead atoms. The van der Waals surface area contributed by atoms with E-state index in [-0.39, 0.29) is 23.0 Å². The molecular weight excluding hydrogens is 392 g/mol. The summed E-state index contributed by atoms with van der Waals surface area (Å²) >= 11 is 0. The van der Waals surface area contributed by atoms with Gasteiger partial charge < -0.3 is 24.4 Å². The van der Waals surface area contributed by atoms with Crippen molar-refractivity contribution in [2.45, 2.75) is 77.4 Å². The van der Waals surface area contributed by atoms with Crippen LogP contribution in [-0.4, -0.2) is 54.8 Å². The summed E-state index contributed by atoms with van der Waals surface area (Å²) in [7, 11) is 1.61. The van der Waals surface area contributed by atoms with E-state index >= 15 is 0 Å². The van der Waals surface area contributed by atoms with Crippen molar-refractivity contribution in [1.29, 1.82) is 0 Å². The zero-order valence-electron chi connectivity index (χ0n) is 19.9. The lowest BCUT2D eigenvalue weighted by Crippen LogP contribution is -2.62. The van der Waals surface area contributed by atoms with E-state index in [9.17, 15) is 4.79 Å². The fourth-order valence-corrected chi connectivity index (χ4v) is 4.94. The lowest BCUT2D eigenvalue weighted by atomic mass is 9.79. The molecule has 31 heavy (non-hydrogen) atoms. The highest BCUT2D eigenvalue weighted by atomic mass is 16.6. The Bertz CT molecular complexity index is 783. The number of rotatable bonds is 7. The molecule has 6 nitrogen and oxygen atoms in total. The predicted octanol–water partition coefficient (Wildman–Crippen LogP) is 4.42. The monoisotopic (exact) mass is 430 g/mol. The number of methoxy groups -OCH3 is 1. The lowest BCUT2D eigenvalue weighted by Gasteiger charge is -2.49. The van der Waals surface area contributed by atoms with Crippen LogP contribution in [0.25, 0.3) is 6.08 Å². The molecule has 1 N–H and O–H groups in total. The molecule has 2 heterocycles. The second kappa shape index (κ2) is 9.51. The molecule has 0 aromatic heterocycles. The van der Waals surface area contributed by atoms with Gasteiger partial charge in [-0.05, 0) is 70.7 Å². The number of fused-ring (bicyclic) bond motifs is 1. The zero-order chi connectivity index (χ0) is 22.6. The van der Waals surface area contributed by atoms with Crippen LogP contribution >= 0.6 is 0 Å². The molecule has 2 aliphatic rings. The van der Waals surface area contributed by atoms with E-state index in [2.05, 4.69) is 44.8 Å². The van der Waals surface area contributed by atoms with Gasteiger partial charge in [0.05, 0.1) is 7.11 Å². The second-order valence-electron chi connectivity index (χ2n) is 9.92. The summed E-state index contributed by atoms with van der Waals surface area (Å²) in [6.45, 7) is 12.8. The van der Waals surface area contributed by atoms with E-state index in [1.54, 1.807) is 13.2 Å². The molecule has 0 atom stereocenters. The maximum Gasteiger partial charge on any atom is 0.246 e. The van der Waals surface area contributed by atoms with E-state index in [1.807, 2.05) is 18.2 Å². The molecule has 0 spiro atoms. The van der Waals surface area contributed by atoms with Crippen molar-refractivity contribution < 1.29 is 19.0 Å². The third kappa shape index (κ3) is 5.94. The van der Waals surface area contributed by atoms with Crippen molar-refractivity contribution in [3.8, 4) is 17.2 Å². The zero-order valence-corrected chi connectivity index (χ0v) is 19.9. The average molecular weight is 431 g/mol. The Labute approximate surface area is 186 Å². The number of carbonyl (C=O) groups excluding carboxylic acids is 1. The van der Waals surface area contributed by atoms with Crippen LogP contribution in [-0.2, 0) is 4.79 Å². The Morgan fingerprint density at radius 2 is 1.87 bits per heavy atom. The van der Waals surface area contributed by atoms with Gasteiger partial charge in [0.25, 0.3) is 0 Å². The van der Waals surface area contributed by atoms with Gasteiger partial charge in [0, 0.05) is 29.7 Å². The molecule has 1 saturated heterocycles. The largest absolute Gasteiger partial charge is 0.493 e. The Hall–Kier alpha value is -2.21. The van der Waals surface area contributed by atoms with Crippen molar-refractivity contribution in [3.63, 3.8) is 0 Å². The Morgan fingerprint density at radius 1 is 1.19 bits per heavy atom. The van der Waals surface area contributed by atoms with Crippen molar-refractivity contribution in [2.75, 3.05) is 26.9 Å². The summed E-state index contributed by atoms with van der Waals surface area (Å²) in [6, 6.07) is 3.99. The van der Waals surface area contributed by atoms with Crippen LogP contribution in [0.3, 0.4) is 0 Å². The van der Waals surface area contributed by atoms with Crippen LogP contribution in [0.1, 0.15) is 65.9 Å². The van der Waals surface area contributed by atoms with Crippen LogP contribution in [0.4, 0.5) is 0 Å². The minimum Gasteiger partial charge on any atom is -0.493 e. The standard InChI is InChI=1S/C25H38N2O4/c1-7-8-11-27(19-16-24(2,3)26-25(4,5)17-19)22(28)10-9-18-14-20(29-6)23-21(15-18)30-12-13-31-23/h9-10,14-15,19,26H,7-8,11-13,16-17H2,1-6H3/b10-9+. The van der Waals surface area contributed by atoms with Crippen molar-refractivity contribution in [3.05, 3.63) is 23.8 Å². The quantitative estimate of drug-likeness (QED) is 0.649. The molecular formula is C25H38N2O4. The molecule has 0 unspecified atom stereocenters. The number of nitrogens with one attached hydrogen (secondary N) is 1. The number of benzene rings is 1. The van der Waals surface area contributed by atoms with Crippen LogP contribution in [0.2, 0.25) is 0 Å². The Kier molecular flexibility index (Phi) is 7.20. The summed E-state index contributed by atoms with van der Waals surface area (Å²) < 4.78 is 16.8. The summed E-state index contributed by atoms with van der Waals surface area (Å²) in [6.07, 6.45) is 7.48. The topological polar surface area (TPSA) is 60.0 Å². The van der Waals surface area contributed by atoms with Gasteiger partial charge in [-0.3, -0.25) is 4.79 Å². The Morgan fingerprint density at radius 3 is 2.52 bits per heavy atom. The fraction of sp³-hybridized carbons (Fsp3) is 0.640. The third-order valence-electron chi connectivity index (χ3n) is 5.91. The third-order valence-corrected chi connectivity index (χ3v) is 5.91. The van der Waals surface area contributed by atoms with Crippen molar-refractivity contribution in [1.82, 2.24) is 10.2 Å². The first-order valence-electron chi connectivity index (χ1n) is 11.4. The summed E-state index contributed by atoms with van der Waals surface area (Å²) in [4.78, 5) is 15.4. The first-order chi connectivity index (χ1) is 14.6. The van der Waals surface area contributed by atoms with Crippen LogP contribution in [0.5, 0.6) is 17.2 Å². The first-order valence-corrected chi connectivity index (χ1v) is 11.4. The van der Waals surface area contributed by atoms with Crippen LogP contribution < -0.4 is 19.5 Å². The van der Waals surface area contributed by atoms with Crippen molar-refractivity contribution >= 4 is 12.0 Å².